The fourth-order valence-electron chi connectivity index (χ4n) is 20.9. The second-order valence-corrected chi connectivity index (χ2v) is 32.3. The van der Waals surface area contributed by atoms with E-state index in [4.69, 9.17) is 0 Å². The summed E-state index contributed by atoms with van der Waals surface area (Å²) in [5, 5.41) is 7.78. The van der Waals surface area contributed by atoms with Crippen molar-refractivity contribution in [3.05, 3.63) is 299 Å². The lowest BCUT2D eigenvalue weighted by Gasteiger charge is -2.36. The first kappa shape index (κ1) is 56.7. The van der Waals surface area contributed by atoms with Gasteiger partial charge in [0.25, 0.3) is 0 Å². The number of thiophene rings is 1. The van der Waals surface area contributed by atoms with Crippen molar-refractivity contribution in [2.45, 2.75) is 114 Å². The number of nitrogens with zero attached hydrogens (tertiary/aromatic N) is 2. The van der Waals surface area contributed by atoms with Crippen molar-refractivity contribution in [2.75, 3.05) is 0 Å². The molecule has 0 radical (unpaired) electrons. The number of aromatic nitrogens is 2. The molecule has 0 amide bonds. The quantitative estimate of drug-likeness (QED) is 0.163. The Morgan fingerprint density at radius 2 is 0.636 bits per heavy atom. The largest absolute Gasteiger partial charge is 0.309 e. The first-order valence-electron chi connectivity index (χ1n) is 36.5. The van der Waals surface area contributed by atoms with Gasteiger partial charge in [0.2, 0.25) is 0 Å². The standard InChI is InChI=1S/C96H74N2S/c1-93(2)79-41-33-58(47-73(79)77-55-85-75(53-82(77)93)65-22-10-13-25-81(65)95(85)42-16-6-17-43-95)61-30-37-70-68-24-12-15-27-88(68)98(90(70)50-61)64-34-39-72-71-38-31-62(51-91(71)99-92(72)52-64)59-28-35-66-76-54-83-78(56-86(76)96(84(66)48-59)44-18-7-19-45-96)74-46-57(32-40-80(74)94(83,3)4)60-29-36-69-67-23-11-14-26-87(67)97(89(69)49-60)63-20-8-5-9-21-63/h5,8-15,20-41,46-56H,6-7,16-19,42-45H2,1-4H3. The van der Waals surface area contributed by atoms with Crippen LogP contribution in [0.15, 0.2) is 255 Å². The van der Waals surface area contributed by atoms with E-state index in [2.05, 4.69) is 292 Å². The third-order valence-corrected chi connectivity index (χ3v) is 26.8. The van der Waals surface area contributed by atoms with Gasteiger partial charge in [-0.15, -0.1) is 11.3 Å². The molecular weight excluding hydrogens is 1210 g/mol. The van der Waals surface area contributed by atoms with Crippen LogP contribution >= 0.6 is 11.3 Å². The minimum atomic E-state index is -0.138. The maximum absolute atomic E-state index is 2.68. The van der Waals surface area contributed by atoms with E-state index >= 15 is 0 Å². The zero-order valence-corrected chi connectivity index (χ0v) is 57.4. The van der Waals surface area contributed by atoms with Crippen LogP contribution in [-0.2, 0) is 21.7 Å². The summed E-state index contributed by atoms with van der Waals surface area (Å²) in [6.45, 7) is 9.80. The van der Waals surface area contributed by atoms with Gasteiger partial charge in [-0.2, -0.15) is 0 Å². The summed E-state index contributed by atoms with van der Waals surface area (Å²) in [4.78, 5) is 0. The topological polar surface area (TPSA) is 9.86 Å². The average molecular weight is 1290 g/mol. The van der Waals surface area contributed by atoms with Gasteiger partial charge in [0.1, 0.15) is 0 Å². The van der Waals surface area contributed by atoms with Crippen molar-refractivity contribution in [3.63, 3.8) is 0 Å². The molecule has 2 saturated carbocycles. The Balaban J connectivity index is 0.608. The summed E-state index contributed by atoms with van der Waals surface area (Å²) in [7, 11) is 0. The highest BCUT2D eigenvalue weighted by Gasteiger charge is 2.49. The average Bonchev–Trinajstić information content (AvgIpc) is 1.54. The van der Waals surface area contributed by atoms with E-state index in [-0.39, 0.29) is 21.7 Å². The van der Waals surface area contributed by atoms with Crippen LogP contribution in [-0.4, -0.2) is 9.13 Å². The Bertz CT molecular complexity index is 6240. The number of hydrogen-bond donors (Lipinski definition) is 0. The molecule has 0 bridgehead atoms. The SMILES string of the molecule is CC1(C)c2ccc(-c3ccc4c5ccccc5n(-c5ccc6c(c5)sc5cc(-c7ccc8c(c7)C7(CCCCC7)c7cc9c(cc7-8)C(C)(C)c7ccc(-c8ccc%10c%11ccccc%11n(-c%11ccccc%11)c%10c8)cc7-9)ccc56)c4c3)cc2-c2cc3c(cc21)-c1ccccc1C31CCCCC1. The Labute approximate surface area is 582 Å². The van der Waals surface area contributed by atoms with Crippen molar-refractivity contribution in [2.24, 2.45) is 0 Å². The third-order valence-electron chi connectivity index (χ3n) is 25.7. The van der Waals surface area contributed by atoms with Gasteiger partial charge in [-0.05, 0) is 245 Å². The number of fused-ring (bicyclic) bond motifs is 25. The molecule has 3 heterocycles. The molecule has 99 heavy (non-hydrogen) atoms. The van der Waals surface area contributed by atoms with Crippen LogP contribution < -0.4 is 0 Å². The molecule has 0 atom stereocenters. The van der Waals surface area contributed by atoms with Gasteiger partial charge < -0.3 is 9.13 Å². The second kappa shape index (κ2) is 20.2. The van der Waals surface area contributed by atoms with Gasteiger partial charge in [0, 0.05) is 74.8 Å². The van der Waals surface area contributed by atoms with E-state index in [0.29, 0.717) is 0 Å². The molecule has 0 saturated heterocycles. The van der Waals surface area contributed by atoms with Gasteiger partial charge in [-0.1, -0.05) is 224 Å². The van der Waals surface area contributed by atoms with Gasteiger partial charge in [-0.3, -0.25) is 0 Å². The van der Waals surface area contributed by atoms with Crippen LogP contribution in [0.1, 0.15) is 136 Å². The van der Waals surface area contributed by atoms with Crippen molar-refractivity contribution < 1.29 is 0 Å². The predicted octanol–water partition coefficient (Wildman–Crippen LogP) is 26.3. The highest BCUT2D eigenvalue weighted by molar-refractivity contribution is 7.25. The summed E-state index contributed by atoms with van der Waals surface area (Å²) < 4.78 is 7.62. The first-order chi connectivity index (χ1) is 48.5. The van der Waals surface area contributed by atoms with Gasteiger partial charge >= 0.3 is 0 Å². The monoisotopic (exact) mass is 1290 g/mol. The summed E-state index contributed by atoms with van der Waals surface area (Å²) >= 11 is 1.94. The van der Waals surface area contributed by atoms with Crippen LogP contribution in [0.25, 0.3) is 153 Å². The Kier molecular flexibility index (Phi) is 11.6. The van der Waals surface area contributed by atoms with Gasteiger partial charge in [-0.25, -0.2) is 0 Å². The van der Waals surface area contributed by atoms with Crippen LogP contribution in [0.4, 0.5) is 0 Å². The second-order valence-electron chi connectivity index (χ2n) is 31.2. The summed E-state index contributed by atoms with van der Waals surface area (Å²) in [5.74, 6) is 0. The van der Waals surface area contributed by atoms with Crippen LogP contribution in [0, 0.1) is 0 Å². The van der Waals surface area contributed by atoms with Crippen LogP contribution in [0.5, 0.6) is 0 Å². The Morgan fingerprint density at radius 1 is 0.242 bits per heavy atom. The van der Waals surface area contributed by atoms with E-state index in [1.165, 1.54) is 245 Å². The van der Waals surface area contributed by atoms with Crippen molar-refractivity contribution >= 4 is 75.1 Å². The molecule has 0 unspecified atom stereocenters. The van der Waals surface area contributed by atoms with Crippen molar-refractivity contribution in [3.8, 4) is 89.3 Å². The van der Waals surface area contributed by atoms with E-state index in [0.717, 1.165) is 0 Å². The fourth-order valence-corrected chi connectivity index (χ4v) is 22.1. The summed E-state index contributed by atoms with van der Waals surface area (Å²) in [6, 6.07) is 99.8. The molecule has 6 aliphatic carbocycles. The number of rotatable bonds is 5. The van der Waals surface area contributed by atoms with Gasteiger partial charge in [0.15, 0.2) is 0 Å². The lowest BCUT2D eigenvalue weighted by molar-refractivity contribution is 0.353. The molecule has 474 valence electrons. The zero-order chi connectivity index (χ0) is 65.4. The normalized spacial score (nSPS) is 16.8. The zero-order valence-electron chi connectivity index (χ0n) is 56.6. The van der Waals surface area contributed by atoms with Crippen molar-refractivity contribution in [1.82, 2.24) is 9.13 Å². The molecule has 0 aliphatic heterocycles. The van der Waals surface area contributed by atoms with E-state index < -0.39 is 0 Å². The highest BCUT2D eigenvalue weighted by Crippen LogP contribution is 2.63. The minimum Gasteiger partial charge on any atom is -0.309 e. The maximum atomic E-state index is 2.68. The predicted molar refractivity (Wildman–Crippen MR) is 418 cm³/mol. The third kappa shape index (κ3) is 7.67. The number of hydrogen-bond acceptors (Lipinski definition) is 1. The van der Waals surface area contributed by atoms with E-state index in [9.17, 15) is 0 Å². The molecule has 2 nitrogen and oxygen atoms in total. The molecule has 6 aliphatic rings. The van der Waals surface area contributed by atoms with Crippen molar-refractivity contribution in [1.29, 1.82) is 0 Å². The fraction of sp³-hybridized carbons (Fsp3) is 0.188. The molecule has 2 spiro atoms. The van der Waals surface area contributed by atoms with Gasteiger partial charge in [0.05, 0.1) is 22.1 Å². The Morgan fingerprint density at radius 3 is 1.23 bits per heavy atom. The maximum Gasteiger partial charge on any atom is 0.0547 e. The molecule has 3 heteroatoms. The molecule has 3 aromatic heterocycles. The lowest BCUT2D eigenvalue weighted by atomic mass is 9.67. The molecule has 0 N–H and O–H groups in total. The number of benzene rings is 13. The first-order valence-corrected chi connectivity index (χ1v) is 37.3. The summed E-state index contributed by atoms with van der Waals surface area (Å²) in [6.07, 6.45) is 12.6. The number of para-hydroxylation sites is 3. The Hall–Kier alpha value is -10.3. The molecular formula is C96H74N2S. The molecule has 22 rings (SSSR count). The smallest absolute Gasteiger partial charge is 0.0547 e. The minimum absolute atomic E-state index is 0.0167. The molecule has 16 aromatic rings. The lowest BCUT2D eigenvalue weighted by Crippen LogP contribution is -2.28. The summed E-state index contributed by atoms with van der Waals surface area (Å²) in [5.41, 5.74) is 38.3. The van der Waals surface area contributed by atoms with Crippen LogP contribution in [0.2, 0.25) is 0 Å². The van der Waals surface area contributed by atoms with E-state index in [1.54, 1.807) is 16.7 Å². The molecule has 13 aromatic carbocycles. The molecule has 2 fully saturated rings. The highest BCUT2D eigenvalue weighted by atomic mass is 32.1. The van der Waals surface area contributed by atoms with Crippen LogP contribution in [0.3, 0.4) is 0 Å². The van der Waals surface area contributed by atoms with E-state index in [1.807, 2.05) is 11.3 Å².